The maximum absolute atomic E-state index is 12.9. The van der Waals surface area contributed by atoms with Gasteiger partial charge in [0.1, 0.15) is 5.75 Å². The van der Waals surface area contributed by atoms with Crippen LogP contribution in [0.15, 0.2) is 42.5 Å². The molecule has 1 heterocycles. The minimum absolute atomic E-state index is 0.0109. The lowest BCUT2D eigenvalue weighted by Gasteiger charge is -2.31. The summed E-state index contributed by atoms with van der Waals surface area (Å²) < 4.78 is 5.35. The average molecular weight is 352 g/mol. The summed E-state index contributed by atoms with van der Waals surface area (Å²) in [7, 11) is 3.50. The predicted molar refractivity (Wildman–Crippen MR) is 106 cm³/mol. The quantitative estimate of drug-likeness (QED) is 0.806. The normalized spacial score (nSPS) is 14.2. The van der Waals surface area contributed by atoms with E-state index in [0.29, 0.717) is 12.1 Å². The number of benzene rings is 2. The van der Waals surface area contributed by atoms with Crippen LogP contribution < -0.4 is 9.64 Å². The molecule has 3 rings (SSSR count). The zero-order chi connectivity index (χ0) is 18.5. The zero-order valence-electron chi connectivity index (χ0n) is 16.0. The van der Waals surface area contributed by atoms with Crippen molar-refractivity contribution in [2.45, 2.75) is 32.7 Å². The number of methoxy groups -OCH3 is 1. The Bertz CT molecular complexity index is 766. The van der Waals surface area contributed by atoms with E-state index in [0.717, 1.165) is 24.4 Å². The molecule has 0 bridgehead atoms. The second-order valence-corrected chi connectivity index (χ2v) is 7.02. The summed E-state index contributed by atoms with van der Waals surface area (Å²) in [6.07, 6.45) is 3.80. The number of piperidine rings is 1. The van der Waals surface area contributed by atoms with Gasteiger partial charge in [0.05, 0.1) is 7.11 Å². The number of para-hydroxylation sites is 1. The van der Waals surface area contributed by atoms with Crippen LogP contribution in [-0.2, 0) is 6.54 Å². The monoisotopic (exact) mass is 352 g/mol. The summed E-state index contributed by atoms with van der Waals surface area (Å²) in [6.45, 7) is 4.78. The highest BCUT2D eigenvalue weighted by Crippen LogP contribution is 2.26. The van der Waals surface area contributed by atoms with Gasteiger partial charge in [-0.25, -0.2) is 0 Å². The lowest BCUT2D eigenvalue weighted by atomic mass is 10.1. The highest BCUT2D eigenvalue weighted by Gasteiger charge is 2.18. The van der Waals surface area contributed by atoms with Crippen LogP contribution in [0.25, 0.3) is 0 Å². The van der Waals surface area contributed by atoms with Crippen molar-refractivity contribution in [2.24, 2.45) is 0 Å². The van der Waals surface area contributed by atoms with E-state index in [-0.39, 0.29) is 5.91 Å². The van der Waals surface area contributed by atoms with E-state index in [2.05, 4.69) is 29.2 Å². The molecule has 0 radical (unpaired) electrons. The van der Waals surface area contributed by atoms with E-state index in [9.17, 15) is 4.79 Å². The molecule has 0 aliphatic carbocycles. The smallest absolute Gasteiger partial charge is 0.254 e. The molecular weight excluding hydrogens is 324 g/mol. The Kier molecular flexibility index (Phi) is 5.82. The van der Waals surface area contributed by atoms with Crippen molar-refractivity contribution in [3.63, 3.8) is 0 Å². The van der Waals surface area contributed by atoms with Gasteiger partial charge < -0.3 is 14.5 Å². The molecule has 4 heteroatoms. The van der Waals surface area contributed by atoms with E-state index < -0.39 is 0 Å². The van der Waals surface area contributed by atoms with Crippen LogP contribution in [0, 0.1) is 6.92 Å². The molecule has 0 spiro atoms. The van der Waals surface area contributed by atoms with Gasteiger partial charge in [0.25, 0.3) is 5.91 Å². The molecule has 26 heavy (non-hydrogen) atoms. The lowest BCUT2D eigenvalue weighted by Crippen LogP contribution is -2.32. The Labute approximate surface area is 156 Å². The number of rotatable bonds is 5. The van der Waals surface area contributed by atoms with Gasteiger partial charge in [-0.3, -0.25) is 4.79 Å². The molecule has 0 saturated carbocycles. The first-order valence-electron chi connectivity index (χ1n) is 9.33. The van der Waals surface area contributed by atoms with Crippen LogP contribution >= 0.6 is 0 Å². The molecule has 2 aromatic rings. The van der Waals surface area contributed by atoms with Gasteiger partial charge in [0, 0.05) is 37.9 Å². The fourth-order valence-corrected chi connectivity index (χ4v) is 3.59. The Hall–Kier alpha value is -2.49. The van der Waals surface area contributed by atoms with E-state index in [1.807, 2.05) is 32.2 Å². The number of ether oxygens (including phenoxy) is 1. The lowest BCUT2D eigenvalue weighted by molar-refractivity contribution is 0.0785. The van der Waals surface area contributed by atoms with E-state index in [1.54, 1.807) is 12.0 Å². The number of aryl methyl sites for hydroxylation is 1. The van der Waals surface area contributed by atoms with Crippen molar-refractivity contribution in [2.75, 3.05) is 32.1 Å². The van der Waals surface area contributed by atoms with Crippen LogP contribution in [0.4, 0.5) is 5.69 Å². The van der Waals surface area contributed by atoms with Crippen LogP contribution in [-0.4, -0.2) is 38.1 Å². The zero-order valence-corrected chi connectivity index (χ0v) is 16.0. The molecule has 0 unspecified atom stereocenters. The maximum Gasteiger partial charge on any atom is 0.254 e. The summed E-state index contributed by atoms with van der Waals surface area (Å²) in [5, 5.41) is 0. The number of nitrogens with zero attached hydrogens (tertiary/aromatic N) is 2. The van der Waals surface area contributed by atoms with Gasteiger partial charge in [-0.2, -0.15) is 0 Å². The van der Waals surface area contributed by atoms with Gasteiger partial charge in [-0.15, -0.1) is 0 Å². The fraction of sp³-hybridized carbons (Fsp3) is 0.409. The standard InChI is InChI=1S/C22H28N2O2/c1-17-11-12-18(15-21(17)26-3)22(25)23(2)16-19-9-5-6-10-20(19)24-13-7-4-8-14-24/h5-6,9-12,15H,4,7-8,13-14,16H2,1-3H3. The molecule has 1 aliphatic heterocycles. The van der Waals surface area contributed by atoms with Gasteiger partial charge >= 0.3 is 0 Å². The Morgan fingerprint density at radius 2 is 1.85 bits per heavy atom. The van der Waals surface area contributed by atoms with E-state index in [1.165, 1.54) is 30.5 Å². The first-order valence-corrected chi connectivity index (χ1v) is 9.33. The summed E-state index contributed by atoms with van der Waals surface area (Å²) in [5.41, 5.74) is 4.14. The summed E-state index contributed by atoms with van der Waals surface area (Å²) in [4.78, 5) is 17.1. The Morgan fingerprint density at radius 1 is 1.12 bits per heavy atom. The first-order chi connectivity index (χ1) is 12.6. The van der Waals surface area contributed by atoms with Crippen molar-refractivity contribution < 1.29 is 9.53 Å². The van der Waals surface area contributed by atoms with Gasteiger partial charge in [0.15, 0.2) is 0 Å². The highest BCUT2D eigenvalue weighted by molar-refractivity contribution is 5.94. The minimum Gasteiger partial charge on any atom is -0.496 e. The summed E-state index contributed by atoms with van der Waals surface area (Å²) in [6, 6.07) is 14.1. The van der Waals surface area contributed by atoms with E-state index in [4.69, 9.17) is 4.74 Å². The van der Waals surface area contributed by atoms with Gasteiger partial charge in [-0.05, 0) is 55.5 Å². The third kappa shape index (κ3) is 4.01. The van der Waals surface area contributed by atoms with Crippen LogP contribution in [0.2, 0.25) is 0 Å². The third-order valence-corrected chi connectivity index (χ3v) is 5.10. The third-order valence-electron chi connectivity index (χ3n) is 5.10. The molecule has 0 aromatic heterocycles. The molecule has 138 valence electrons. The van der Waals surface area contributed by atoms with Crippen LogP contribution in [0.5, 0.6) is 5.75 Å². The second kappa shape index (κ2) is 8.26. The fourth-order valence-electron chi connectivity index (χ4n) is 3.59. The Morgan fingerprint density at radius 3 is 2.58 bits per heavy atom. The molecule has 1 amide bonds. The molecule has 2 aromatic carbocycles. The van der Waals surface area contributed by atoms with Crippen molar-refractivity contribution >= 4 is 11.6 Å². The average Bonchev–Trinajstić information content (AvgIpc) is 2.69. The first kappa shape index (κ1) is 18.3. The maximum atomic E-state index is 12.9. The highest BCUT2D eigenvalue weighted by atomic mass is 16.5. The molecule has 1 fully saturated rings. The predicted octanol–water partition coefficient (Wildman–Crippen LogP) is 4.27. The largest absolute Gasteiger partial charge is 0.496 e. The molecule has 0 N–H and O–H groups in total. The van der Waals surface area contributed by atoms with Crippen molar-refractivity contribution in [1.82, 2.24) is 4.90 Å². The number of carbonyl (C=O) groups is 1. The van der Waals surface area contributed by atoms with Gasteiger partial charge in [0.2, 0.25) is 0 Å². The molecule has 4 nitrogen and oxygen atoms in total. The number of hydrogen-bond acceptors (Lipinski definition) is 3. The topological polar surface area (TPSA) is 32.8 Å². The molecule has 1 aliphatic rings. The number of carbonyl (C=O) groups excluding carboxylic acids is 1. The SMILES string of the molecule is COc1cc(C(=O)N(C)Cc2ccccc2N2CCCCC2)ccc1C. The minimum atomic E-state index is 0.0109. The summed E-state index contributed by atoms with van der Waals surface area (Å²) >= 11 is 0. The number of anilines is 1. The van der Waals surface area contributed by atoms with Crippen LogP contribution in [0.3, 0.4) is 0 Å². The summed E-state index contributed by atoms with van der Waals surface area (Å²) in [5.74, 6) is 0.759. The van der Waals surface area contributed by atoms with Crippen LogP contribution in [0.1, 0.15) is 40.7 Å². The van der Waals surface area contributed by atoms with Crippen molar-refractivity contribution in [1.29, 1.82) is 0 Å². The van der Waals surface area contributed by atoms with E-state index >= 15 is 0 Å². The van der Waals surface area contributed by atoms with Crippen molar-refractivity contribution in [3.05, 3.63) is 59.2 Å². The molecular formula is C22H28N2O2. The van der Waals surface area contributed by atoms with Gasteiger partial charge in [-0.1, -0.05) is 24.3 Å². The number of amides is 1. The Balaban J connectivity index is 1.77. The molecule has 1 saturated heterocycles. The second-order valence-electron chi connectivity index (χ2n) is 7.02. The van der Waals surface area contributed by atoms with Crippen molar-refractivity contribution in [3.8, 4) is 5.75 Å². The number of hydrogen-bond donors (Lipinski definition) is 0. The molecule has 0 atom stereocenters.